The maximum absolute atomic E-state index is 13.6. The second kappa shape index (κ2) is 5.41. The average Bonchev–Trinajstić information content (AvgIpc) is 2.43. The minimum absolute atomic E-state index is 0.0581. The number of benzene rings is 1. The normalized spacial score (nSPS) is 15.0. The van der Waals surface area contributed by atoms with Crippen LogP contribution in [0.15, 0.2) is 23.0 Å². The van der Waals surface area contributed by atoms with Gasteiger partial charge in [0.15, 0.2) is 0 Å². The third-order valence-corrected chi connectivity index (χ3v) is 3.91. The second-order valence-corrected chi connectivity index (χ2v) is 5.62. The van der Waals surface area contributed by atoms with Crippen LogP contribution in [-0.4, -0.2) is 21.4 Å². The fraction of sp³-hybridized carbons (Fsp3) is 0.375. The number of rotatable bonds is 2. The summed E-state index contributed by atoms with van der Waals surface area (Å²) in [5, 5.41) is 0. The van der Waals surface area contributed by atoms with E-state index in [-0.39, 0.29) is 11.4 Å². The number of aryl methyl sites for hydroxylation is 2. The van der Waals surface area contributed by atoms with E-state index < -0.39 is 0 Å². The van der Waals surface area contributed by atoms with E-state index in [1.54, 1.807) is 26.0 Å². The number of nitrogens with zero attached hydrogens (tertiary/aromatic N) is 2. The zero-order valence-electron chi connectivity index (χ0n) is 12.2. The van der Waals surface area contributed by atoms with Crippen LogP contribution in [0.4, 0.5) is 4.39 Å². The van der Waals surface area contributed by atoms with Gasteiger partial charge in [0.25, 0.3) is 5.56 Å². The van der Waals surface area contributed by atoms with Crippen molar-refractivity contribution in [1.29, 1.82) is 0 Å². The molecule has 1 aliphatic rings. The molecule has 0 unspecified atom stereocenters. The van der Waals surface area contributed by atoms with Gasteiger partial charge in [-0.1, -0.05) is 12.1 Å². The molecule has 0 saturated carbocycles. The molecule has 0 amide bonds. The average molecular weight is 287 g/mol. The SMILES string of the molecule is Cc1nc2c(c(=O)[nH]1)CN(Cc1ccc(C)c(F)c1)CC2. The van der Waals surface area contributed by atoms with Crippen LogP contribution >= 0.6 is 0 Å². The highest BCUT2D eigenvalue weighted by molar-refractivity contribution is 5.25. The Hall–Kier alpha value is -2.01. The molecule has 1 aliphatic heterocycles. The Balaban J connectivity index is 1.80. The van der Waals surface area contributed by atoms with Crippen molar-refractivity contribution in [2.75, 3.05) is 6.54 Å². The van der Waals surface area contributed by atoms with Gasteiger partial charge in [0.2, 0.25) is 0 Å². The first-order valence-corrected chi connectivity index (χ1v) is 7.09. The lowest BCUT2D eigenvalue weighted by Gasteiger charge is -2.27. The zero-order valence-corrected chi connectivity index (χ0v) is 12.2. The van der Waals surface area contributed by atoms with Gasteiger partial charge in [0, 0.05) is 26.1 Å². The van der Waals surface area contributed by atoms with E-state index in [0.717, 1.165) is 29.8 Å². The van der Waals surface area contributed by atoms with Crippen LogP contribution < -0.4 is 5.56 Å². The molecule has 0 aliphatic carbocycles. The molecule has 1 aromatic heterocycles. The number of halogens is 1. The first-order valence-electron chi connectivity index (χ1n) is 7.09. The molecular formula is C16H18FN3O. The lowest BCUT2D eigenvalue weighted by atomic mass is 10.1. The molecule has 4 nitrogen and oxygen atoms in total. The topological polar surface area (TPSA) is 49.0 Å². The molecule has 5 heteroatoms. The lowest BCUT2D eigenvalue weighted by Crippen LogP contribution is -2.35. The number of H-pyrrole nitrogens is 1. The van der Waals surface area contributed by atoms with Crippen LogP contribution in [0.3, 0.4) is 0 Å². The van der Waals surface area contributed by atoms with Crippen LogP contribution in [0.1, 0.15) is 28.2 Å². The van der Waals surface area contributed by atoms with Crippen molar-refractivity contribution in [1.82, 2.24) is 14.9 Å². The molecule has 0 bridgehead atoms. The third kappa shape index (κ3) is 2.88. The van der Waals surface area contributed by atoms with Crippen molar-refractivity contribution in [3.05, 3.63) is 62.6 Å². The summed E-state index contributed by atoms with van der Waals surface area (Å²) in [6.07, 6.45) is 0.758. The van der Waals surface area contributed by atoms with Gasteiger partial charge in [-0.05, 0) is 31.0 Å². The highest BCUT2D eigenvalue weighted by Crippen LogP contribution is 2.17. The van der Waals surface area contributed by atoms with Crippen molar-refractivity contribution < 1.29 is 4.39 Å². The van der Waals surface area contributed by atoms with Crippen molar-refractivity contribution in [3.8, 4) is 0 Å². The van der Waals surface area contributed by atoms with Gasteiger partial charge in [-0.25, -0.2) is 9.37 Å². The Bertz CT molecular complexity index is 739. The van der Waals surface area contributed by atoms with E-state index in [9.17, 15) is 9.18 Å². The maximum atomic E-state index is 13.6. The molecule has 3 rings (SSSR count). The maximum Gasteiger partial charge on any atom is 0.255 e. The molecule has 0 atom stereocenters. The lowest BCUT2D eigenvalue weighted by molar-refractivity contribution is 0.241. The monoisotopic (exact) mass is 287 g/mol. The Morgan fingerprint density at radius 3 is 2.95 bits per heavy atom. The Morgan fingerprint density at radius 2 is 2.19 bits per heavy atom. The molecule has 2 aromatic rings. The number of hydrogen-bond donors (Lipinski definition) is 1. The quantitative estimate of drug-likeness (QED) is 0.920. The fourth-order valence-corrected chi connectivity index (χ4v) is 2.73. The van der Waals surface area contributed by atoms with E-state index in [2.05, 4.69) is 14.9 Å². The number of aromatic nitrogens is 2. The summed E-state index contributed by atoms with van der Waals surface area (Å²) in [6.45, 7) is 5.59. The Morgan fingerprint density at radius 1 is 1.38 bits per heavy atom. The minimum Gasteiger partial charge on any atom is -0.310 e. The summed E-state index contributed by atoms with van der Waals surface area (Å²) in [6, 6.07) is 5.30. The smallest absolute Gasteiger partial charge is 0.255 e. The van der Waals surface area contributed by atoms with Crippen LogP contribution in [0.2, 0.25) is 0 Å². The van der Waals surface area contributed by atoms with Crippen LogP contribution in [0.25, 0.3) is 0 Å². The molecule has 2 heterocycles. The fourth-order valence-electron chi connectivity index (χ4n) is 2.73. The molecule has 110 valence electrons. The van der Waals surface area contributed by atoms with Crippen molar-refractivity contribution in [2.45, 2.75) is 33.4 Å². The molecule has 21 heavy (non-hydrogen) atoms. The van der Waals surface area contributed by atoms with Crippen LogP contribution in [-0.2, 0) is 19.5 Å². The Labute approximate surface area is 122 Å². The van der Waals surface area contributed by atoms with Gasteiger partial charge in [-0.3, -0.25) is 9.69 Å². The number of nitrogens with one attached hydrogen (secondary N) is 1. The number of fused-ring (bicyclic) bond motifs is 1. The highest BCUT2D eigenvalue weighted by atomic mass is 19.1. The predicted molar refractivity (Wildman–Crippen MR) is 78.5 cm³/mol. The van der Waals surface area contributed by atoms with E-state index in [1.807, 2.05) is 6.07 Å². The zero-order chi connectivity index (χ0) is 15.0. The predicted octanol–water partition coefficient (Wildman–Crippen LogP) is 2.08. The summed E-state index contributed by atoms with van der Waals surface area (Å²) in [7, 11) is 0. The van der Waals surface area contributed by atoms with Crippen molar-refractivity contribution in [3.63, 3.8) is 0 Å². The standard InChI is InChI=1S/C16H18FN3O/c1-10-3-4-12(7-14(10)17)8-20-6-5-15-13(9-20)16(21)19-11(2)18-15/h3-4,7H,5-6,8-9H2,1-2H3,(H,18,19,21). The molecular weight excluding hydrogens is 269 g/mol. The molecule has 0 spiro atoms. The van der Waals surface area contributed by atoms with Gasteiger partial charge < -0.3 is 4.98 Å². The summed E-state index contributed by atoms with van der Waals surface area (Å²) < 4.78 is 13.6. The van der Waals surface area contributed by atoms with Gasteiger partial charge in [-0.15, -0.1) is 0 Å². The van der Waals surface area contributed by atoms with Gasteiger partial charge in [0.05, 0.1) is 11.3 Å². The molecule has 0 fully saturated rings. The molecule has 1 aromatic carbocycles. The van der Waals surface area contributed by atoms with Crippen molar-refractivity contribution in [2.24, 2.45) is 0 Å². The Kier molecular flexibility index (Phi) is 3.59. The summed E-state index contributed by atoms with van der Waals surface area (Å²) >= 11 is 0. The van der Waals surface area contributed by atoms with Gasteiger partial charge in [0.1, 0.15) is 11.6 Å². The highest BCUT2D eigenvalue weighted by Gasteiger charge is 2.20. The molecule has 0 saturated heterocycles. The van der Waals surface area contributed by atoms with Crippen LogP contribution in [0.5, 0.6) is 0 Å². The van der Waals surface area contributed by atoms with E-state index in [0.29, 0.717) is 24.5 Å². The minimum atomic E-state index is -0.181. The van der Waals surface area contributed by atoms with E-state index in [1.165, 1.54) is 0 Å². The number of aromatic amines is 1. The summed E-state index contributed by atoms with van der Waals surface area (Å²) in [4.78, 5) is 21.3. The first kappa shape index (κ1) is 13.9. The van der Waals surface area contributed by atoms with Gasteiger partial charge >= 0.3 is 0 Å². The third-order valence-electron chi connectivity index (χ3n) is 3.91. The van der Waals surface area contributed by atoms with Gasteiger partial charge in [-0.2, -0.15) is 0 Å². The van der Waals surface area contributed by atoms with E-state index >= 15 is 0 Å². The van der Waals surface area contributed by atoms with Crippen LogP contribution in [0, 0.1) is 19.7 Å². The largest absolute Gasteiger partial charge is 0.310 e. The summed E-state index contributed by atoms with van der Waals surface area (Å²) in [5.41, 5.74) is 3.15. The first-order chi connectivity index (χ1) is 10.0. The number of hydrogen-bond acceptors (Lipinski definition) is 3. The van der Waals surface area contributed by atoms with Crippen molar-refractivity contribution >= 4 is 0 Å². The van der Waals surface area contributed by atoms with E-state index in [4.69, 9.17) is 0 Å². The molecule has 1 N–H and O–H groups in total. The second-order valence-electron chi connectivity index (χ2n) is 5.62. The molecule has 0 radical (unpaired) electrons. The summed E-state index contributed by atoms with van der Waals surface area (Å²) in [5.74, 6) is 0.479.